The Kier molecular flexibility index (Phi) is 9.32. The van der Waals surface area contributed by atoms with Gasteiger partial charge >= 0.3 is 6.09 Å². The SMILES string of the molecule is CC(C)(C)OC(=O)N1CCC2(CCN(C3CCC(C#Cc4ccc5c(n4)CN([C@H]4C(C)(C)[C@H](Oc6ccc(C#N)c(Cl)c6)C4(C)C)C5=O)CC3)C2)C1. The summed E-state index contributed by atoms with van der Waals surface area (Å²) in [7, 11) is 0. The molecule has 2 saturated heterocycles. The van der Waals surface area contributed by atoms with Gasteiger partial charge in [-0.15, -0.1) is 0 Å². The Hall–Kier alpha value is -3.79. The van der Waals surface area contributed by atoms with Crippen molar-refractivity contribution in [1.29, 1.82) is 5.26 Å². The van der Waals surface area contributed by atoms with Crippen LogP contribution in [0.2, 0.25) is 5.02 Å². The Morgan fingerprint density at radius 2 is 1.71 bits per heavy atom. The van der Waals surface area contributed by atoms with E-state index in [1.165, 1.54) is 0 Å². The van der Waals surface area contributed by atoms with E-state index in [0.717, 1.165) is 76.1 Å². The van der Waals surface area contributed by atoms with E-state index in [9.17, 15) is 14.9 Å². The van der Waals surface area contributed by atoms with E-state index in [4.69, 9.17) is 26.1 Å². The molecule has 2 saturated carbocycles. The van der Waals surface area contributed by atoms with Crippen LogP contribution in [0.25, 0.3) is 0 Å². The smallest absolute Gasteiger partial charge is 0.410 e. The van der Waals surface area contributed by atoms with Gasteiger partial charge in [0, 0.05) is 59.9 Å². The van der Waals surface area contributed by atoms with E-state index in [2.05, 4.69) is 50.5 Å². The fourth-order valence-corrected chi connectivity index (χ4v) is 10.5. The summed E-state index contributed by atoms with van der Waals surface area (Å²) in [4.78, 5) is 37.9. The summed E-state index contributed by atoms with van der Waals surface area (Å²) >= 11 is 6.29. The van der Waals surface area contributed by atoms with Gasteiger partial charge in [-0.2, -0.15) is 5.26 Å². The van der Waals surface area contributed by atoms with Gasteiger partial charge in [-0.3, -0.25) is 9.69 Å². The highest BCUT2D eigenvalue weighted by molar-refractivity contribution is 6.31. The highest BCUT2D eigenvalue weighted by Gasteiger charge is 2.67. The predicted octanol–water partition coefficient (Wildman–Crippen LogP) is 7.69. The zero-order chi connectivity index (χ0) is 37.2. The van der Waals surface area contributed by atoms with Crippen molar-refractivity contribution in [2.24, 2.45) is 22.2 Å². The summed E-state index contributed by atoms with van der Waals surface area (Å²) in [6.07, 6.45) is 6.29. The maximum Gasteiger partial charge on any atom is 0.410 e. The van der Waals surface area contributed by atoms with Gasteiger partial charge in [-0.1, -0.05) is 45.2 Å². The number of nitrogens with zero attached hydrogens (tertiary/aromatic N) is 5. The second-order valence-corrected chi connectivity index (χ2v) is 18.5. The lowest BCUT2D eigenvalue weighted by Crippen LogP contribution is -2.74. The average Bonchev–Trinajstić information content (AvgIpc) is 3.79. The quantitative estimate of drug-likeness (QED) is 0.298. The number of hydrogen-bond donors (Lipinski definition) is 0. The lowest BCUT2D eigenvalue weighted by molar-refractivity contribution is -0.199. The van der Waals surface area contributed by atoms with Crippen LogP contribution in [0.3, 0.4) is 0 Å². The molecular weight excluding hydrogens is 674 g/mol. The zero-order valence-corrected chi connectivity index (χ0v) is 32.5. The highest BCUT2D eigenvalue weighted by atomic mass is 35.5. The summed E-state index contributed by atoms with van der Waals surface area (Å²) < 4.78 is 12.1. The standard InChI is InChI=1S/C42H52ClN5O4/c1-39(2,3)52-38(50)47-21-19-42(26-47)18-20-46(25-42)30-14-9-27(10-15-30)8-12-29-13-17-32-34(45-29)24-48(35(32)49)36-40(4,5)37(41(36,6)7)51-31-16-11-28(23-44)33(43)22-31/h11,13,16-17,22,27,30,36-37H,9-10,14-15,18-21,24-26H2,1-7H3/t27?,30?,36-,37-,42?. The van der Waals surface area contributed by atoms with Gasteiger partial charge in [-0.25, -0.2) is 9.78 Å². The van der Waals surface area contributed by atoms with Crippen molar-refractivity contribution < 1.29 is 19.1 Å². The molecule has 0 N–H and O–H groups in total. The molecule has 276 valence electrons. The van der Waals surface area contributed by atoms with E-state index in [0.29, 0.717) is 40.4 Å². The fraction of sp³-hybridized carbons (Fsp3) is 0.619. The van der Waals surface area contributed by atoms with Crippen LogP contribution in [0.5, 0.6) is 5.75 Å². The molecule has 1 aromatic heterocycles. The van der Waals surface area contributed by atoms with Crippen molar-refractivity contribution in [1.82, 2.24) is 19.7 Å². The van der Waals surface area contributed by atoms with Crippen LogP contribution in [0, 0.1) is 45.3 Å². The van der Waals surface area contributed by atoms with Crippen molar-refractivity contribution >= 4 is 23.6 Å². The minimum absolute atomic E-state index is 0.00481. The Labute approximate surface area is 314 Å². The van der Waals surface area contributed by atoms with Crippen LogP contribution in [-0.2, 0) is 11.3 Å². The molecule has 0 radical (unpaired) electrons. The van der Waals surface area contributed by atoms with Crippen LogP contribution >= 0.6 is 11.6 Å². The molecule has 3 aliphatic heterocycles. The summed E-state index contributed by atoms with van der Waals surface area (Å²) in [5.41, 5.74) is 1.63. The topological polar surface area (TPSA) is 99.0 Å². The first-order chi connectivity index (χ1) is 24.5. The minimum Gasteiger partial charge on any atom is -0.489 e. The number of benzene rings is 1. The molecule has 2 amide bonds. The number of hydrogen-bond acceptors (Lipinski definition) is 7. The molecule has 10 heteroatoms. The fourth-order valence-electron chi connectivity index (χ4n) is 10.3. The lowest BCUT2D eigenvalue weighted by atomic mass is 9.49. The third-order valence-electron chi connectivity index (χ3n) is 12.3. The number of fused-ring (bicyclic) bond motifs is 1. The van der Waals surface area contributed by atoms with Crippen LogP contribution in [0.15, 0.2) is 30.3 Å². The number of halogens is 1. The second-order valence-electron chi connectivity index (χ2n) is 18.1. The van der Waals surface area contributed by atoms with E-state index >= 15 is 0 Å². The van der Waals surface area contributed by atoms with Crippen molar-refractivity contribution in [3.63, 3.8) is 0 Å². The molecule has 52 heavy (non-hydrogen) atoms. The second kappa shape index (κ2) is 13.3. The maximum atomic E-state index is 13.8. The Morgan fingerprint density at radius 1 is 1.00 bits per heavy atom. The van der Waals surface area contributed by atoms with Crippen LogP contribution in [0.1, 0.15) is 114 Å². The number of carbonyl (C=O) groups is 2. The Morgan fingerprint density at radius 3 is 2.38 bits per heavy atom. The Bertz CT molecular complexity index is 1840. The van der Waals surface area contributed by atoms with Crippen LogP contribution in [0.4, 0.5) is 4.79 Å². The largest absolute Gasteiger partial charge is 0.489 e. The number of rotatable bonds is 4. The van der Waals surface area contributed by atoms with Gasteiger partial charge < -0.3 is 19.3 Å². The number of pyridine rings is 1. The number of likely N-dealkylation sites (tertiary alicyclic amines) is 2. The van der Waals surface area contributed by atoms with E-state index in [1.807, 2.05) is 42.7 Å². The van der Waals surface area contributed by atoms with Gasteiger partial charge in [0.1, 0.15) is 29.2 Å². The molecular formula is C42H52ClN5O4. The highest BCUT2D eigenvalue weighted by Crippen LogP contribution is 2.59. The third-order valence-corrected chi connectivity index (χ3v) is 12.7. The minimum atomic E-state index is -0.468. The van der Waals surface area contributed by atoms with Crippen molar-refractivity contribution in [2.75, 3.05) is 26.2 Å². The molecule has 4 fully saturated rings. The summed E-state index contributed by atoms with van der Waals surface area (Å²) in [6, 6.07) is 11.5. The monoisotopic (exact) mass is 725 g/mol. The molecule has 1 aromatic carbocycles. The maximum absolute atomic E-state index is 13.8. The average molecular weight is 726 g/mol. The van der Waals surface area contributed by atoms with Gasteiger partial charge in [-0.05, 0) is 96.0 Å². The lowest BCUT2D eigenvalue weighted by Gasteiger charge is -2.65. The molecule has 1 spiro atoms. The van der Waals surface area contributed by atoms with Gasteiger partial charge in [0.2, 0.25) is 0 Å². The van der Waals surface area contributed by atoms with Crippen LogP contribution < -0.4 is 4.74 Å². The van der Waals surface area contributed by atoms with E-state index < -0.39 is 5.60 Å². The number of carbonyl (C=O) groups excluding carboxylic acids is 2. The molecule has 2 aliphatic carbocycles. The van der Waals surface area contributed by atoms with E-state index in [1.54, 1.807) is 18.2 Å². The molecule has 1 atom stereocenters. The van der Waals surface area contributed by atoms with E-state index in [-0.39, 0.29) is 40.4 Å². The molecule has 5 aliphatic rings. The van der Waals surface area contributed by atoms with Gasteiger partial charge in [0.15, 0.2) is 0 Å². The summed E-state index contributed by atoms with van der Waals surface area (Å²) in [6.45, 7) is 18.6. The predicted molar refractivity (Wildman–Crippen MR) is 200 cm³/mol. The molecule has 0 bridgehead atoms. The number of aromatic nitrogens is 1. The Balaban J connectivity index is 0.930. The molecule has 1 unspecified atom stereocenters. The third kappa shape index (κ3) is 6.76. The number of ether oxygens (including phenoxy) is 2. The van der Waals surface area contributed by atoms with Crippen molar-refractivity contribution in [3.8, 4) is 23.7 Å². The summed E-state index contributed by atoms with van der Waals surface area (Å²) in [5.74, 6) is 7.85. The van der Waals surface area contributed by atoms with Gasteiger partial charge in [0.05, 0.1) is 28.4 Å². The van der Waals surface area contributed by atoms with Crippen molar-refractivity contribution in [3.05, 3.63) is 57.9 Å². The molecule has 7 rings (SSSR count). The zero-order valence-electron chi connectivity index (χ0n) is 31.7. The molecule has 4 heterocycles. The number of amides is 2. The number of nitriles is 1. The first-order valence-corrected chi connectivity index (χ1v) is 19.3. The molecule has 9 nitrogen and oxygen atoms in total. The van der Waals surface area contributed by atoms with Gasteiger partial charge in [0.25, 0.3) is 5.91 Å². The van der Waals surface area contributed by atoms with Crippen LogP contribution in [-0.4, -0.2) is 81.7 Å². The van der Waals surface area contributed by atoms with Crippen molar-refractivity contribution in [2.45, 2.75) is 117 Å². The first-order valence-electron chi connectivity index (χ1n) is 18.9. The summed E-state index contributed by atoms with van der Waals surface area (Å²) in [5, 5.41) is 9.61. The first kappa shape index (κ1) is 36.6. The molecule has 2 aromatic rings. The normalized spacial score (nSPS) is 29.2.